The van der Waals surface area contributed by atoms with Gasteiger partial charge in [0, 0.05) is 30.8 Å². The molecule has 2 aromatic carbocycles. The summed E-state index contributed by atoms with van der Waals surface area (Å²) >= 11 is 0. The van der Waals surface area contributed by atoms with Crippen LogP contribution in [0.1, 0.15) is 19.5 Å². The maximum atomic E-state index is 11.2. The van der Waals surface area contributed by atoms with Crippen LogP contribution in [0.5, 0.6) is 5.75 Å². The fourth-order valence-electron chi connectivity index (χ4n) is 2.80. The van der Waals surface area contributed by atoms with E-state index in [4.69, 9.17) is 9.15 Å². The molecule has 0 fully saturated rings. The van der Waals surface area contributed by atoms with Crippen molar-refractivity contribution in [1.29, 1.82) is 0 Å². The van der Waals surface area contributed by atoms with Gasteiger partial charge in [0.2, 0.25) is 11.8 Å². The highest BCUT2D eigenvalue weighted by Gasteiger charge is 2.06. The van der Waals surface area contributed by atoms with E-state index >= 15 is 0 Å². The molecule has 0 radical (unpaired) electrons. The zero-order valence-electron chi connectivity index (χ0n) is 17.7. The van der Waals surface area contributed by atoms with Crippen molar-refractivity contribution in [1.82, 2.24) is 15.6 Å². The third-order valence-corrected chi connectivity index (χ3v) is 4.13. The Balaban J connectivity index is 1.49. The minimum absolute atomic E-state index is 0.117. The van der Waals surface area contributed by atoms with Crippen molar-refractivity contribution in [2.24, 2.45) is 4.99 Å². The highest BCUT2D eigenvalue weighted by atomic mass is 16.5. The van der Waals surface area contributed by atoms with Crippen LogP contribution >= 0.6 is 0 Å². The smallest absolute Gasteiger partial charge is 0.226 e. The Hall–Kier alpha value is -3.81. The lowest BCUT2D eigenvalue weighted by atomic mass is 10.2. The number of carbonyl (C=O) groups excluding carboxylic acids is 1. The number of hydrogen-bond donors (Lipinski definition) is 3. The average molecular weight is 422 g/mol. The number of nitrogens with zero attached hydrogens (tertiary/aromatic N) is 2. The molecule has 0 saturated heterocycles. The van der Waals surface area contributed by atoms with Gasteiger partial charge in [-0.25, -0.2) is 9.98 Å². The van der Waals surface area contributed by atoms with E-state index < -0.39 is 0 Å². The number of hydrogen-bond acceptors (Lipinski definition) is 5. The van der Waals surface area contributed by atoms with Gasteiger partial charge in [0.05, 0.1) is 13.1 Å². The second-order valence-electron chi connectivity index (χ2n) is 6.69. The van der Waals surface area contributed by atoms with E-state index in [0.717, 1.165) is 17.8 Å². The minimum Gasteiger partial charge on any atom is -0.492 e. The summed E-state index contributed by atoms with van der Waals surface area (Å²) < 4.78 is 11.3. The summed E-state index contributed by atoms with van der Waals surface area (Å²) in [6, 6.07) is 17.0. The van der Waals surface area contributed by atoms with Crippen molar-refractivity contribution in [3.8, 4) is 17.2 Å². The maximum absolute atomic E-state index is 11.2. The molecule has 0 aliphatic heterocycles. The number of amides is 1. The van der Waals surface area contributed by atoms with Crippen molar-refractivity contribution in [3.63, 3.8) is 0 Å². The third-order valence-electron chi connectivity index (χ3n) is 4.13. The van der Waals surface area contributed by atoms with Crippen LogP contribution in [0.4, 0.5) is 5.69 Å². The fraction of sp³-hybridized carbons (Fsp3) is 0.261. The molecule has 8 heteroatoms. The number of carbonyl (C=O) groups is 1. The van der Waals surface area contributed by atoms with Gasteiger partial charge in [-0.3, -0.25) is 4.79 Å². The summed E-state index contributed by atoms with van der Waals surface area (Å²) in [6.07, 6.45) is 1.63. The fourth-order valence-corrected chi connectivity index (χ4v) is 2.80. The van der Waals surface area contributed by atoms with Crippen LogP contribution < -0.4 is 20.7 Å². The molecule has 0 spiro atoms. The first-order chi connectivity index (χ1) is 15.1. The molecule has 0 aliphatic carbocycles. The normalized spacial score (nSPS) is 11.1. The number of guanidine groups is 1. The van der Waals surface area contributed by atoms with Crippen LogP contribution in [-0.4, -0.2) is 36.5 Å². The molecule has 31 heavy (non-hydrogen) atoms. The Bertz CT molecular complexity index is 1000. The molecule has 0 saturated carbocycles. The highest BCUT2D eigenvalue weighted by Crippen LogP contribution is 2.18. The molecule has 0 unspecified atom stereocenters. The maximum Gasteiger partial charge on any atom is 0.226 e. The SMILES string of the molecule is CCNC(=NCc1coc(-c2ccccc2)n1)NCCOc1cccc(NC(C)=O)c1. The number of benzene rings is 2. The Morgan fingerprint density at radius 3 is 2.74 bits per heavy atom. The van der Waals surface area contributed by atoms with E-state index in [9.17, 15) is 4.79 Å². The molecule has 0 atom stereocenters. The topological polar surface area (TPSA) is 101 Å². The van der Waals surface area contributed by atoms with Crippen molar-refractivity contribution < 1.29 is 13.9 Å². The monoisotopic (exact) mass is 421 g/mol. The van der Waals surface area contributed by atoms with Crippen LogP contribution in [0.2, 0.25) is 0 Å². The summed E-state index contributed by atoms with van der Waals surface area (Å²) in [7, 11) is 0. The van der Waals surface area contributed by atoms with Crippen molar-refractivity contribution >= 4 is 17.6 Å². The van der Waals surface area contributed by atoms with Gasteiger partial charge in [-0.15, -0.1) is 0 Å². The molecule has 3 rings (SSSR count). The van der Waals surface area contributed by atoms with Gasteiger partial charge in [0.25, 0.3) is 0 Å². The molecule has 1 amide bonds. The van der Waals surface area contributed by atoms with E-state index in [1.807, 2.05) is 55.5 Å². The summed E-state index contributed by atoms with van der Waals surface area (Å²) in [5.41, 5.74) is 2.39. The molecule has 162 valence electrons. The summed E-state index contributed by atoms with van der Waals surface area (Å²) in [6.45, 7) is 5.61. The van der Waals surface area contributed by atoms with E-state index in [-0.39, 0.29) is 5.91 Å². The summed E-state index contributed by atoms with van der Waals surface area (Å²) in [5.74, 6) is 1.82. The number of rotatable bonds is 9. The molecule has 3 aromatic rings. The van der Waals surface area contributed by atoms with Crippen LogP contribution in [0.15, 0.2) is 70.3 Å². The lowest BCUT2D eigenvalue weighted by Crippen LogP contribution is -2.39. The van der Waals surface area contributed by atoms with E-state index in [1.54, 1.807) is 12.3 Å². The third kappa shape index (κ3) is 7.18. The molecule has 0 aliphatic rings. The minimum atomic E-state index is -0.117. The van der Waals surface area contributed by atoms with Crippen LogP contribution in [0.3, 0.4) is 0 Å². The Morgan fingerprint density at radius 1 is 1.13 bits per heavy atom. The van der Waals surface area contributed by atoms with Gasteiger partial charge >= 0.3 is 0 Å². The Labute approximate surface area is 181 Å². The molecule has 1 aromatic heterocycles. The summed E-state index contributed by atoms with van der Waals surface area (Å²) in [5, 5.41) is 9.17. The molecule has 8 nitrogen and oxygen atoms in total. The zero-order valence-corrected chi connectivity index (χ0v) is 17.7. The lowest BCUT2D eigenvalue weighted by Gasteiger charge is -2.12. The zero-order chi connectivity index (χ0) is 21.9. The molecule has 3 N–H and O–H groups in total. The molecular formula is C23H27N5O3. The second-order valence-corrected chi connectivity index (χ2v) is 6.69. The van der Waals surface area contributed by atoms with Gasteiger partial charge in [-0.1, -0.05) is 24.3 Å². The predicted octanol–water partition coefficient (Wildman–Crippen LogP) is 3.43. The standard InChI is InChI=1S/C23H27N5O3/c1-3-24-23(25-12-13-30-21-11-7-10-19(14-21)27-17(2)29)26-15-20-16-31-22(28-20)18-8-5-4-6-9-18/h4-11,14,16H,3,12-13,15H2,1-2H3,(H,27,29)(H2,24,25,26). The summed E-state index contributed by atoms with van der Waals surface area (Å²) in [4.78, 5) is 20.2. The first-order valence-electron chi connectivity index (χ1n) is 10.2. The average Bonchev–Trinajstić information content (AvgIpc) is 3.24. The van der Waals surface area contributed by atoms with Gasteiger partial charge in [-0.05, 0) is 31.2 Å². The number of ether oxygens (including phenoxy) is 1. The van der Waals surface area contributed by atoms with E-state index in [1.165, 1.54) is 6.92 Å². The van der Waals surface area contributed by atoms with Gasteiger partial charge < -0.3 is 25.1 Å². The first kappa shape index (κ1) is 21.9. The van der Waals surface area contributed by atoms with Gasteiger partial charge in [0.1, 0.15) is 24.3 Å². The first-order valence-corrected chi connectivity index (χ1v) is 10.2. The Morgan fingerprint density at radius 2 is 1.97 bits per heavy atom. The lowest BCUT2D eigenvalue weighted by molar-refractivity contribution is -0.114. The van der Waals surface area contributed by atoms with E-state index in [2.05, 4.69) is 25.9 Å². The number of aromatic nitrogens is 1. The number of anilines is 1. The van der Waals surface area contributed by atoms with Crippen molar-refractivity contribution in [2.45, 2.75) is 20.4 Å². The predicted molar refractivity (Wildman–Crippen MR) is 121 cm³/mol. The van der Waals surface area contributed by atoms with Gasteiger partial charge in [-0.2, -0.15) is 0 Å². The largest absolute Gasteiger partial charge is 0.492 e. The van der Waals surface area contributed by atoms with Crippen molar-refractivity contribution in [3.05, 3.63) is 66.6 Å². The van der Waals surface area contributed by atoms with Crippen LogP contribution in [0, 0.1) is 0 Å². The number of aliphatic imine (C=N–C) groups is 1. The number of nitrogens with one attached hydrogen (secondary N) is 3. The quantitative estimate of drug-likeness (QED) is 0.278. The van der Waals surface area contributed by atoms with Crippen LogP contribution in [-0.2, 0) is 11.3 Å². The van der Waals surface area contributed by atoms with Gasteiger partial charge in [0.15, 0.2) is 5.96 Å². The molecular weight excluding hydrogens is 394 g/mol. The second kappa shape index (κ2) is 11.4. The number of oxazole rings is 1. The molecule has 1 heterocycles. The van der Waals surface area contributed by atoms with Crippen LogP contribution in [0.25, 0.3) is 11.5 Å². The highest BCUT2D eigenvalue weighted by molar-refractivity contribution is 5.88. The Kier molecular flexibility index (Phi) is 8.05. The van der Waals surface area contributed by atoms with Crippen molar-refractivity contribution in [2.75, 3.05) is 25.0 Å². The van der Waals surface area contributed by atoms with E-state index in [0.29, 0.717) is 43.0 Å². The molecule has 0 bridgehead atoms.